The van der Waals surface area contributed by atoms with Crippen molar-refractivity contribution in [3.8, 4) is 6.07 Å². The molecule has 0 atom stereocenters. The smallest absolute Gasteiger partial charge is 0.417 e. The largest absolute Gasteiger partial charge is 0.444 e. The van der Waals surface area contributed by atoms with Gasteiger partial charge in [-0.1, -0.05) is 12.2 Å². The number of carbonyl (C=O) groups excluding carboxylic acids is 3. The number of carbonyl (C=O) groups is 3. The van der Waals surface area contributed by atoms with Gasteiger partial charge in [0.15, 0.2) is 0 Å². The number of nitriles is 1. The SMILES string of the molecule is CC(C)(C)OC(=O)NCCNC/C=C\CN1C(=O)N(c2ccc(C#N)c(C(F)(F)F)c2)C(=O)C1(C)C. The summed E-state index contributed by atoms with van der Waals surface area (Å²) in [4.78, 5) is 39.5. The second-order valence-electron chi connectivity index (χ2n) is 9.54. The summed E-state index contributed by atoms with van der Waals surface area (Å²) in [6, 6.07) is 3.44. The number of benzene rings is 1. The average molecular weight is 510 g/mol. The number of rotatable bonds is 8. The number of amides is 4. The zero-order valence-corrected chi connectivity index (χ0v) is 20.8. The van der Waals surface area contributed by atoms with Crippen LogP contribution < -0.4 is 15.5 Å². The minimum atomic E-state index is -4.82. The number of nitrogens with one attached hydrogen (secondary N) is 2. The van der Waals surface area contributed by atoms with Gasteiger partial charge in [0.2, 0.25) is 0 Å². The lowest BCUT2D eigenvalue weighted by Gasteiger charge is -2.26. The zero-order chi connectivity index (χ0) is 27.3. The lowest BCUT2D eigenvalue weighted by molar-refractivity contribution is -0.137. The average Bonchev–Trinajstić information content (AvgIpc) is 2.92. The summed E-state index contributed by atoms with van der Waals surface area (Å²) in [6.45, 7) is 9.58. The molecule has 0 saturated carbocycles. The number of halogens is 3. The van der Waals surface area contributed by atoms with Gasteiger partial charge in [-0.05, 0) is 52.8 Å². The van der Waals surface area contributed by atoms with E-state index in [1.165, 1.54) is 24.8 Å². The van der Waals surface area contributed by atoms with Crippen molar-refractivity contribution in [3.05, 3.63) is 41.5 Å². The first-order valence-corrected chi connectivity index (χ1v) is 11.2. The number of alkyl halides is 3. The summed E-state index contributed by atoms with van der Waals surface area (Å²) in [7, 11) is 0. The maximum absolute atomic E-state index is 13.4. The van der Waals surface area contributed by atoms with Gasteiger partial charge in [-0.2, -0.15) is 18.4 Å². The zero-order valence-electron chi connectivity index (χ0n) is 20.8. The Kier molecular flexibility index (Phi) is 8.75. The van der Waals surface area contributed by atoms with Crippen LogP contribution in [0.3, 0.4) is 0 Å². The Morgan fingerprint density at radius 2 is 1.83 bits per heavy atom. The third kappa shape index (κ3) is 6.97. The van der Waals surface area contributed by atoms with Crippen LogP contribution >= 0.6 is 0 Å². The molecule has 196 valence electrons. The topological polar surface area (TPSA) is 115 Å². The number of anilines is 1. The number of ether oxygens (including phenoxy) is 1. The molecule has 1 fully saturated rings. The Balaban J connectivity index is 1.98. The second kappa shape index (κ2) is 11.0. The summed E-state index contributed by atoms with van der Waals surface area (Å²) in [5, 5.41) is 14.6. The molecule has 0 aromatic heterocycles. The molecule has 1 aromatic carbocycles. The predicted octanol–water partition coefficient (Wildman–Crippen LogP) is 3.79. The molecule has 1 aromatic rings. The Morgan fingerprint density at radius 1 is 1.17 bits per heavy atom. The first kappa shape index (κ1) is 28.6. The van der Waals surface area contributed by atoms with E-state index in [0.29, 0.717) is 30.6 Å². The number of hydrogen-bond donors (Lipinski definition) is 2. The summed E-state index contributed by atoms with van der Waals surface area (Å²) in [5.41, 5.74) is -3.95. The Hall–Kier alpha value is -3.59. The number of imide groups is 1. The van der Waals surface area contributed by atoms with E-state index in [0.717, 1.165) is 12.1 Å². The fraction of sp³-hybridized carbons (Fsp3) is 0.500. The summed E-state index contributed by atoms with van der Waals surface area (Å²) in [6.07, 6.45) is -1.95. The minimum Gasteiger partial charge on any atom is -0.444 e. The molecule has 2 rings (SSSR count). The molecule has 9 nitrogen and oxygen atoms in total. The van der Waals surface area contributed by atoms with Crippen molar-refractivity contribution >= 4 is 23.7 Å². The highest BCUT2D eigenvalue weighted by Gasteiger charge is 2.51. The molecule has 0 spiro atoms. The maximum atomic E-state index is 13.4. The van der Waals surface area contributed by atoms with Crippen LogP contribution in [0.5, 0.6) is 0 Å². The van der Waals surface area contributed by atoms with Crippen LogP contribution in [0.25, 0.3) is 0 Å². The highest BCUT2D eigenvalue weighted by molar-refractivity contribution is 6.23. The van der Waals surface area contributed by atoms with Crippen LogP contribution in [0.15, 0.2) is 30.4 Å². The molecule has 2 N–H and O–H groups in total. The molecular formula is C24H30F3N5O4. The third-order valence-corrected chi connectivity index (χ3v) is 5.20. The maximum Gasteiger partial charge on any atom is 0.417 e. The van der Waals surface area contributed by atoms with Crippen molar-refractivity contribution in [2.24, 2.45) is 0 Å². The van der Waals surface area contributed by atoms with Crippen LogP contribution in [-0.4, -0.2) is 60.3 Å². The van der Waals surface area contributed by atoms with Gasteiger partial charge in [0.25, 0.3) is 5.91 Å². The van der Waals surface area contributed by atoms with Crippen molar-refractivity contribution in [2.75, 3.05) is 31.1 Å². The molecule has 0 unspecified atom stereocenters. The lowest BCUT2D eigenvalue weighted by Crippen LogP contribution is -2.44. The standard InChI is InChI=1S/C24H30F3N5O4/c1-22(2,3)36-20(34)30-12-11-29-10-6-7-13-31-21(35)32(19(33)23(31,4)5)17-9-8-16(15-28)18(14-17)24(25,26)27/h6-9,14,29H,10-13H2,1-5H3,(H,30,34)/b7-6-. The Labute approximate surface area is 207 Å². The Bertz CT molecular complexity index is 1070. The van der Waals surface area contributed by atoms with Crippen LogP contribution in [0.1, 0.15) is 45.7 Å². The van der Waals surface area contributed by atoms with Gasteiger partial charge in [-0.3, -0.25) is 4.79 Å². The predicted molar refractivity (Wildman–Crippen MR) is 126 cm³/mol. The molecule has 1 aliphatic rings. The van der Waals surface area contributed by atoms with Gasteiger partial charge in [-0.25, -0.2) is 14.5 Å². The van der Waals surface area contributed by atoms with Gasteiger partial charge in [0, 0.05) is 26.2 Å². The fourth-order valence-electron chi connectivity index (χ4n) is 3.39. The van der Waals surface area contributed by atoms with E-state index in [9.17, 15) is 27.6 Å². The second-order valence-corrected chi connectivity index (χ2v) is 9.54. The fourth-order valence-corrected chi connectivity index (χ4v) is 3.39. The number of hydrogen-bond acceptors (Lipinski definition) is 6. The summed E-state index contributed by atoms with van der Waals surface area (Å²) >= 11 is 0. The molecule has 4 amide bonds. The highest BCUT2D eigenvalue weighted by atomic mass is 19.4. The number of nitrogens with zero attached hydrogens (tertiary/aromatic N) is 3. The molecular weight excluding hydrogens is 479 g/mol. The van der Waals surface area contributed by atoms with E-state index in [1.54, 1.807) is 32.9 Å². The third-order valence-electron chi connectivity index (χ3n) is 5.20. The quantitative estimate of drug-likeness (QED) is 0.313. The van der Waals surface area contributed by atoms with E-state index in [4.69, 9.17) is 10.00 Å². The summed E-state index contributed by atoms with van der Waals surface area (Å²) in [5.74, 6) is -0.676. The normalized spacial score (nSPS) is 16.0. The summed E-state index contributed by atoms with van der Waals surface area (Å²) < 4.78 is 45.2. The molecule has 36 heavy (non-hydrogen) atoms. The van der Waals surface area contributed by atoms with Crippen LogP contribution in [0.4, 0.5) is 28.4 Å². The van der Waals surface area contributed by atoms with E-state index < -0.39 is 46.5 Å². The Morgan fingerprint density at radius 3 is 2.42 bits per heavy atom. The van der Waals surface area contributed by atoms with E-state index in [2.05, 4.69) is 10.6 Å². The first-order valence-electron chi connectivity index (χ1n) is 11.2. The molecule has 0 radical (unpaired) electrons. The van der Waals surface area contributed by atoms with Gasteiger partial charge in [-0.15, -0.1) is 0 Å². The molecule has 1 heterocycles. The first-order chi connectivity index (χ1) is 16.6. The van der Waals surface area contributed by atoms with E-state index >= 15 is 0 Å². The van der Waals surface area contributed by atoms with E-state index in [-0.39, 0.29) is 12.2 Å². The van der Waals surface area contributed by atoms with Crippen LogP contribution in [-0.2, 0) is 15.7 Å². The monoisotopic (exact) mass is 509 g/mol. The van der Waals surface area contributed by atoms with Crippen LogP contribution in [0.2, 0.25) is 0 Å². The molecule has 0 aliphatic carbocycles. The highest BCUT2D eigenvalue weighted by Crippen LogP contribution is 2.37. The molecule has 0 bridgehead atoms. The molecule has 1 aliphatic heterocycles. The number of urea groups is 1. The minimum absolute atomic E-state index is 0.0499. The van der Waals surface area contributed by atoms with Crippen molar-refractivity contribution < 1.29 is 32.3 Å². The van der Waals surface area contributed by atoms with E-state index in [1.807, 2.05) is 0 Å². The van der Waals surface area contributed by atoms with Gasteiger partial charge < -0.3 is 20.3 Å². The molecule has 12 heteroatoms. The van der Waals surface area contributed by atoms with Gasteiger partial charge in [0.1, 0.15) is 11.1 Å². The lowest BCUT2D eigenvalue weighted by atomic mass is 10.0. The van der Waals surface area contributed by atoms with Crippen molar-refractivity contribution in [1.29, 1.82) is 5.26 Å². The van der Waals surface area contributed by atoms with Crippen molar-refractivity contribution in [2.45, 2.75) is 51.9 Å². The molecule has 1 saturated heterocycles. The van der Waals surface area contributed by atoms with Crippen molar-refractivity contribution in [1.82, 2.24) is 15.5 Å². The van der Waals surface area contributed by atoms with Crippen LogP contribution in [0, 0.1) is 11.3 Å². The van der Waals surface area contributed by atoms with Gasteiger partial charge >= 0.3 is 18.3 Å². The van der Waals surface area contributed by atoms with Gasteiger partial charge in [0.05, 0.1) is 22.9 Å². The van der Waals surface area contributed by atoms with Crippen molar-refractivity contribution in [3.63, 3.8) is 0 Å². The number of alkyl carbamates (subject to hydrolysis) is 1.